The lowest BCUT2D eigenvalue weighted by Gasteiger charge is -2.32. The van der Waals surface area contributed by atoms with Crippen molar-refractivity contribution in [2.45, 2.75) is 77.1 Å². The van der Waals surface area contributed by atoms with Crippen LogP contribution in [-0.2, 0) is 20.5 Å². The summed E-state index contributed by atoms with van der Waals surface area (Å²) >= 11 is 0. The van der Waals surface area contributed by atoms with Crippen LogP contribution in [0.4, 0.5) is 4.39 Å². The van der Waals surface area contributed by atoms with Gasteiger partial charge in [0.05, 0.1) is 17.8 Å². The number of rotatable bonds is 5. The number of benzene rings is 2. The van der Waals surface area contributed by atoms with E-state index in [1.165, 1.54) is 6.07 Å². The summed E-state index contributed by atoms with van der Waals surface area (Å²) in [6.07, 6.45) is 1.44. The molecule has 0 radical (unpaired) electrons. The number of Topliss-reactive ketones (excluding diaryl/α,β-unsaturated/α-hetero) is 1. The van der Waals surface area contributed by atoms with Crippen molar-refractivity contribution >= 4 is 18.4 Å². The lowest BCUT2D eigenvalue weighted by atomic mass is 9.75. The van der Waals surface area contributed by atoms with Gasteiger partial charge < -0.3 is 23.6 Å². The normalized spacial score (nSPS) is 24.4. The summed E-state index contributed by atoms with van der Waals surface area (Å²) in [4.78, 5) is 11.5. The third kappa shape index (κ3) is 3.85. The lowest BCUT2D eigenvalue weighted by Crippen LogP contribution is -2.41. The minimum Gasteiger partial charge on any atom is -0.492 e. The van der Waals surface area contributed by atoms with Gasteiger partial charge in [0.15, 0.2) is 0 Å². The van der Waals surface area contributed by atoms with Crippen LogP contribution >= 0.6 is 0 Å². The molecule has 1 saturated heterocycles. The maximum absolute atomic E-state index is 15.0. The summed E-state index contributed by atoms with van der Waals surface area (Å²) in [6.45, 7) is 10.1. The Morgan fingerprint density at radius 1 is 1.15 bits per heavy atom. The Morgan fingerprint density at radius 2 is 1.88 bits per heavy atom. The molecule has 174 valence electrons. The molecule has 33 heavy (non-hydrogen) atoms. The van der Waals surface area contributed by atoms with Crippen molar-refractivity contribution in [3.8, 4) is 11.5 Å². The van der Waals surface area contributed by atoms with E-state index >= 15 is 0 Å². The molecule has 2 heterocycles. The average Bonchev–Trinajstić information content (AvgIpc) is 3.37. The van der Waals surface area contributed by atoms with E-state index in [9.17, 15) is 9.18 Å². The van der Waals surface area contributed by atoms with E-state index < -0.39 is 24.4 Å². The summed E-state index contributed by atoms with van der Waals surface area (Å²) in [6, 6.07) is 8.95. The number of fused-ring (bicyclic) bond motifs is 2. The molecule has 0 N–H and O–H groups in total. The molecule has 2 aliphatic heterocycles. The molecule has 5 nitrogen and oxygen atoms in total. The molecule has 0 saturated carbocycles. The number of ketones is 1. The van der Waals surface area contributed by atoms with Gasteiger partial charge in [0.2, 0.25) is 0 Å². The Bertz CT molecular complexity index is 1100. The summed E-state index contributed by atoms with van der Waals surface area (Å²) in [5, 5.41) is 0. The van der Waals surface area contributed by atoms with Gasteiger partial charge in [-0.25, -0.2) is 4.39 Å². The van der Waals surface area contributed by atoms with Crippen molar-refractivity contribution in [3.63, 3.8) is 0 Å². The molecule has 0 amide bonds. The Labute approximate surface area is 194 Å². The van der Waals surface area contributed by atoms with E-state index in [-0.39, 0.29) is 17.5 Å². The molecule has 2 unspecified atom stereocenters. The van der Waals surface area contributed by atoms with Crippen LogP contribution in [0, 0.1) is 5.82 Å². The van der Waals surface area contributed by atoms with Gasteiger partial charge in [0.25, 0.3) is 0 Å². The van der Waals surface area contributed by atoms with Crippen molar-refractivity contribution in [2.75, 3.05) is 6.61 Å². The molecule has 1 fully saturated rings. The largest absolute Gasteiger partial charge is 0.495 e. The summed E-state index contributed by atoms with van der Waals surface area (Å²) in [5.41, 5.74) is 2.48. The standard InChI is InChI=1S/C26H30BFO5/c1-15(29)12-16-14-30-23-13-17(6-7-18(16)23)31-22-11-8-19-20(9-10-21(28)24(19)22)27-32-25(2,3)26(4,5)33-27/h6-7,9-10,13,16,22H,8,11-12,14H2,1-5H3. The first-order valence-corrected chi connectivity index (χ1v) is 11.7. The lowest BCUT2D eigenvalue weighted by molar-refractivity contribution is -0.117. The first kappa shape index (κ1) is 22.4. The molecule has 2 aromatic rings. The van der Waals surface area contributed by atoms with Crippen molar-refractivity contribution in [1.29, 1.82) is 0 Å². The second kappa shape index (κ2) is 7.85. The van der Waals surface area contributed by atoms with Crippen LogP contribution in [0.3, 0.4) is 0 Å². The zero-order valence-corrected chi connectivity index (χ0v) is 19.9. The van der Waals surface area contributed by atoms with Crippen molar-refractivity contribution < 1.29 is 28.0 Å². The average molecular weight is 452 g/mol. The minimum atomic E-state index is -0.533. The van der Waals surface area contributed by atoms with Crippen molar-refractivity contribution in [2.24, 2.45) is 0 Å². The molecule has 7 heteroatoms. The number of hydrogen-bond acceptors (Lipinski definition) is 5. The Hall–Kier alpha value is -2.38. The smallest absolute Gasteiger partial charge is 0.492 e. The SMILES string of the molecule is CC(=O)CC1COc2cc(OC3CCc4c(B5OC(C)(C)C(C)(C)O5)ccc(F)c43)ccc21. The summed E-state index contributed by atoms with van der Waals surface area (Å²) < 4.78 is 39.5. The maximum Gasteiger partial charge on any atom is 0.495 e. The van der Waals surface area contributed by atoms with Gasteiger partial charge in [-0.2, -0.15) is 0 Å². The van der Waals surface area contributed by atoms with Crippen molar-refractivity contribution in [1.82, 2.24) is 0 Å². The van der Waals surface area contributed by atoms with Gasteiger partial charge in [-0.05, 0) is 70.6 Å². The van der Waals surface area contributed by atoms with Crippen LogP contribution in [0.15, 0.2) is 30.3 Å². The fourth-order valence-electron chi connectivity index (χ4n) is 5.02. The predicted octanol–water partition coefficient (Wildman–Crippen LogP) is 4.65. The van der Waals surface area contributed by atoms with E-state index in [0.717, 1.165) is 22.3 Å². The highest BCUT2D eigenvalue weighted by molar-refractivity contribution is 6.62. The Morgan fingerprint density at radius 3 is 2.58 bits per heavy atom. The molecule has 1 aliphatic carbocycles. The van der Waals surface area contributed by atoms with Gasteiger partial charge in [-0.15, -0.1) is 0 Å². The fourth-order valence-corrected chi connectivity index (χ4v) is 5.02. The van der Waals surface area contributed by atoms with Crippen LogP contribution < -0.4 is 14.9 Å². The second-order valence-electron chi connectivity index (χ2n) is 10.4. The fraction of sp³-hybridized carbons (Fsp3) is 0.500. The number of carbonyl (C=O) groups excluding carboxylic acids is 1. The zero-order valence-electron chi connectivity index (χ0n) is 19.9. The molecule has 2 aromatic carbocycles. The van der Waals surface area contributed by atoms with E-state index in [0.29, 0.717) is 37.2 Å². The highest BCUT2D eigenvalue weighted by atomic mass is 19.1. The quantitative estimate of drug-likeness (QED) is 0.619. The summed E-state index contributed by atoms with van der Waals surface area (Å²) in [5.74, 6) is 1.33. The highest BCUT2D eigenvalue weighted by Gasteiger charge is 2.52. The number of halogens is 1. The zero-order chi connectivity index (χ0) is 23.5. The first-order chi connectivity index (χ1) is 15.6. The number of carbonyl (C=O) groups is 1. The second-order valence-corrected chi connectivity index (χ2v) is 10.4. The number of ether oxygens (including phenoxy) is 2. The van der Waals surface area contributed by atoms with Gasteiger partial charge >= 0.3 is 7.12 Å². The van der Waals surface area contributed by atoms with E-state index in [2.05, 4.69) is 0 Å². The molecule has 5 rings (SSSR count). The highest BCUT2D eigenvalue weighted by Crippen LogP contribution is 2.42. The maximum atomic E-state index is 15.0. The molecule has 0 spiro atoms. The first-order valence-electron chi connectivity index (χ1n) is 11.7. The number of hydrogen-bond donors (Lipinski definition) is 0. The Balaban J connectivity index is 1.39. The van der Waals surface area contributed by atoms with Gasteiger partial charge in [0, 0.05) is 29.5 Å². The molecule has 3 aliphatic rings. The third-order valence-corrected chi connectivity index (χ3v) is 7.50. The van der Waals surface area contributed by atoms with Gasteiger partial charge in [0.1, 0.15) is 29.2 Å². The molecule has 0 bridgehead atoms. The van der Waals surface area contributed by atoms with Crippen LogP contribution in [-0.4, -0.2) is 30.7 Å². The van der Waals surface area contributed by atoms with Crippen LogP contribution in [0.5, 0.6) is 11.5 Å². The minimum absolute atomic E-state index is 0.0821. The molecule has 0 aromatic heterocycles. The van der Waals surface area contributed by atoms with E-state index in [1.54, 1.807) is 13.0 Å². The van der Waals surface area contributed by atoms with Gasteiger partial charge in [-0.1, -0.05) is 12.1 Å². The Kier molecular flexibility index (Phi) is 5.33. The third-order valence-electron chi connectivity index (χ3n) is 7.50. The molecule has 2 atom stereocenters. The van der Waals surface area contributed by atoms with E-state index in [4.69, 9.17) is 18.8 Å². The van der Waals surface area contributed by atoms with Crippen LogP contribution in [0.1, 0.15) is 76.2 Å². The topological polar surface area (TPSA) is 54.0 Å². The molecular formula is C26H30BFO5. The monoisotopic (exact) mass is 452 g/mol. The van der Waals surface area contributed by atoms with Crippen LogP contribution in [0.2, 0.25) is 0 Å². The van der Waals surface area contributed by atoms with Crippen molar-refractivity contribution in [3.05, 3.63) is 52.8 Å². The van der Waals surface area contributed by atoms with Crippen LogP contribution in [0.25, 0.3) is 0 Å². The molecular weight excluding hydrogens is 422 g/mol. The predicted molar refractivity (Wildman–Crippen MR) is 124 cm³/mol. The van der Waals surface area contributed by atoms with E-state index in [1.807, 2.05) is 45.9 Å². The van der Waals surface area contributed by atoms with Gasteiger partial charge in [-0.3, -0.25) is 0 Å². The summed E-state index contributed by atoms with van der Waals surface area (Å²) in [7, 11) is -0.533.